The summed E-state index contributed by atoms with van der Waals surface area (Å²) in [5, 5.41) is 2.28. The lowest BCUT2D eigenvalue weighted by atomic mass is 10.1. The monoisotopic (exact) mass is 562 g/mol. The molecule has 2 aromatic carbocycles. The summed E-state index contributed by atoms with van der Waals surface area (Å²) in [7, 11) is 2.63. The van der Waals surface area contributed by atoms with Crippen molar-refractivity contribution >= 4 is 62.5 Å². The van der Waals surface area contributed by atoms with Crippen LogP contribution in [0.4, 0.5) is 10.5 Å². The number of methoxy groups -OCH3 is 2. The highest BCUT2D eigenvalue weighted by atomic mass is 79.9. The normalized spacial score (nSPS) is 14.3. The van der Waals surface area contributed by atoms with E-state index in [1.165, 1.54) is 20.3 Å². The van der Waals surface area contributed by atoms with Crippen LogP contribution in [0.15, 0.2) is 39.7 Å². The Bertz CT molecular complexity index is 1230. The third kappa shape index (κ3) is 6.23. The molecule has 3 amide bonds. The number of nitrogens with one attached hydrogen (secondary N) is 1. The number of amides is 3. The van der Waals surface area contributed by atoms with Crippen molar-refractivity contribution < 1.29 is 33.4 Å². The molecule has 184 valence electrons. The quantitative estimate of drug-likeness (QED) is 0.374. The fourth-order valence-corrected chi connectivity index (χ4v) is 4.39. The molecule has 1 heterocycles. The van der Waals surface area contributed by atoms with Gasteiger partial charge in [-0.3, -0.25) is 24.1 Å². The van der Waals surface area contributed by atoms with Crippen molar-refractivity contribution in [3.63, 3.8) is 0 Å². The molecule has 1 aliphatic heterocycles. The van der Waals surface area contributed by atoms with Crippen molar-refractivity contribution in [1.29, 1.82) is 0 Å². The molecule has 0 aliphatic carbocycles. The number of nitrogens with zero attached hydrogens (tertiary/aromatic N) is 1. The molecule has 0 bridgehead atoms. The molecule has 0 atom stereocenters. The van der Waals surface area contributed by atoms with Crippen molar-refractivity contribution in [2.45, 2.75) is 13.8 Å². The zero-order valence-electron chi connectivity index (χ0n) is 19.5. The number of imide groups is 1. The lowest BCUT2D eigenvalue weighted by Gasteiger charge is -2.14. The van der Waals surface area contributed by atoms with Gasteiger partial charge in [0.2, 0.25) is 0 Å². The highest BCUT2D eigenvalue weighted by molar-refractivity contribution is 9.10. The predicted octanol–water partition coefficient (Wildman–Crippen LogP) is 4.30. The number of hydrogen-bond donors (Lipinski definition) is 1. The van der Waals surface area contributed by atoms with Crippen LogP contribution in [0.25, 0.3) is 6.08 Å². The highest BCUT2D eigenvalue weighted by Gasteiger charge is 2.36. The van der Waals surface area contributed by atoms with E-state index in [9.17, 15) is 19.2 Å². The maximum atomic E-state index is 12.5. The summed E-state index contributed by atoms with van der Waals surface area (Å²) in [6.45, 7) is 3.19. The van der Waals surface area contributed by atoms with E-state index in [-0.39, 0.29) is 17.4 Å². The number of halogens is 1. The maximum Gasteiger partial charge on any atom is 0.325 e. The van der Waals surface area contributed by atoms with Gasteiger partial charge in [0.25, 0.3) is 17.1 Å². The summed E-state index contributed by atoms with van der Waals surface area (Å²) in [4.78, 5) is 49.4. The zero-order chi connectivity index (χ0) is 25.7. The van der Waals surface area contributed by atoms with Gasteiger partial charge in [-0.05, 0) is 72.6 Å². The van der Waals surface area contributed by atoms with E-state index in [2.05, 4.69) is 26.0 Å². The average molecular weight is 563 g/mol. The van der Waals surface area contributed by atoms with Crippen molar-refractivity contribution in [1.82, 2.24) is 4.90 Å². The van der Waals surface area contributed by atoms with Crippen LogP contribution >= 0.6 is 27.7 Å². The number of ether oxygens (including phenoxy) is 3. The fourth-order valence-electron chi connectivity index (χ4n) is 3.13. The first kappa shape index (κ1) is 26.3. The lowest BCUT2D eigenvalue weighted by Crippen LogP contribution is -2.34. The molecule has 0 saturated carbocycles. The average Bonchev–Trinajstić information content (AvgIpc) is 3.10. The molecule has 9 nitrogen and oxygen atoms in total. The first-order valence-electron chi connectivity index (χ1n) is 10.3. The summed E-state index contributed by atoms with van der Waals surface area (Å²) >= 11 is 4.19. The molecule has 1 saturated heterocycles. The molecule has 3 rings (SSSR count). The van der Waals surface area contributed by atoms with E-state index in [0.717, 1.165) is 32.3 Å². The Balaban J connectivity index is 1.68. The molecule has 0 spiro atoms. The number of rotatable bonds is 8. The van der Waals surface area contributed by atoms with Crippen molar-refractivity contribution in [3.05, 3.63) is 56.4 Å². The molecule has 0 radical (unpaired) electrons. The summed E-state index contributed by atoms with van der Waals surface area (Å²) in [5.41, 5.74) is 3.25. The Morgan fingerprint density at radius 1 is 1.09 bits per heavy atom. The first-order valence-corrected chi connectivity index (χ1v) is 11.9. The van der Waals surface area contributed by atoms with E-state index in [0.29, 0.717) is 22.7 Å². The van der Waals surface area contributed by atoms with Crippen LogP contribution in [-0.2, 0) is 19.1 Å². The SMILES string of the molecule is COC(=O)CN1C(=O)S/C(=C\c2ccc(OCC(=O)Nc3ccc(Br)c(C)c3C)c(OC)c2)C1=O. The largest absolute Gasteiger partial charge is 0.493 e. The van der Waals surface area contributed by atoms with E-state index >= 15 is 0 Å². The summed E-state index contributed by atoms with van der Waals surface area (Å²) < 4.78 is 16.5. The molecule has 0 aromatic heterocycles. The molecule has 2 aromatic rings. The van der Waals surface area contributed by atoms with E-state index in [1.807, 2.05) is 26.0 Å². The fraction of sp³-hybridized carbons (Fsp3) is 0.250. The Morgan fingerprint density at radius 2 is 1.83 bits per heavy atom. The van der Waals surface area contributed by atoms with Crippen LogP contribution in [0.5, 0.6) is 11.5 Å². The standard InChI is InChI=1S/C24H23BrN2O7S/c1-13-14(2)17(7-6-16(13)25)26-21(28)12-34-18-8-5-15(9-19(18)32-3)10-20-23(30)27(24(31)35-20)11-22(29)33-4/h5-10H,11-12H2,1-4H3,(H,26,28)/b20-10-. The number of esters is 1. The Morgan fingerprint density at radius 3 is 2.51 bits per heavy atom. The Labute approximate surface area is 214 Å². The first-order chi connectivity index (χ1) is 16.6. The summed E-state index contributed by atoms with van der Waals surface area (Å²) in [6.07, 6.45) is 1.51. The molecule has 35 heavy (non-hydrogen) atoms. The second-order valence-electron chi connectivity index (χ2n) is 7.44. The van der Waals surface area contributed by atoms with Crippen LogP contribution < -0.4 is 14.8 Å². The van der Waals surface area contributed by atoms with E-state index in [4.69, 9.17) is 9.47 Å². The van der Waals surface area contributed by atoms with Gasteiger partial charge in [0, 0.05) is 10.2 Å². The van der Waals surface area contributed by atoms with Crippen LogP contribution in [-0.4, -0.2) is 55.3 Å². The molecule has 11 heteroatoms. The smallest absolute Gasteiger partial charge is 0.325 e. The molecular weight excluding hydrogens is 540 g/mol. The highest BCUT2D eigenvalue weighted by Crippen LogP contribution is 2.34. The molecule has 0 unspecified atom stereocenters. The number of hydrogen-bond acceptors (Lipinski definition) is 8. The molecular formula is C24H23BrN2O7S. The molecule has 1 aliphatic rings. The predicted molar refractivity (Wildman–Crippen MR) is 135 cm³/mol. The van der Waals surface area contributed by atoms with Gasteiger partial charge in [-0.25, -0.2) is 0 Å². The number of thioether (sulfide) groups is 1. The van der Waals surface area contributed by atoms with Gasteiger partial charge >= 0.3 is 5.97 Å². The van der Waals surface area contributed by atoms with Crippen molar-refractivity contribution in [3.8, 4) is 11.5 Å². The number of anilines is 1. The lowest BCUT2D eigenvalue weighted by molar-refractivity contribution is -0.143. The van der Waals surface area contributed by atoms with Gasteiger partial charge in [-0.15, -0.1) is 0 Å². The van der Waals surface area contributed by atoms with Crippen LogP contribution in [0.2, 0.25) is 0 Å². The van der Waals surface area contributed by atoms with Gasteiger partial charge in [-0.2, -0.15) is 0 Å². The number of carbonyl (C=O) groups excluding carboxylic acids is 4. The van der Waals surface area contributed by atoms with Crippen LogP contribution in [0, 0.1) is 13.8 Å². The minimum absolute atomic E-state index is 0.161. The minimum atomic E-state index is -0.689. The van der Waals surface area contributed by atoms with Crippen molar-refractivity contribution in [2.75, 3.05) is 32.7 Å². The molecule has 1 fully saturated rings. The third-order valence-corrected chi connectivity index (χ3v) is 6.99. The van der Waals surface area contributed by atoms with Crippen molar-refractivity contribution in [2.24, 2.45) is 0 Å². The minimum Gasteiger partial charge on any atom is -0.493 e. The topological polar surface area (TPSA) is 111 Å². The van der Waals surface area contributed by atoms with Gasteiger partial charge in [0.1, 0.15) is 6.54 Å². The second kappa shape index (κ2) is 11.4. The molecule has 1 N–H and O–H groups in total. The van der Waals surface area contributed by atoms with Gasteiger partial charge in [-0.1, -0.05) is 22.0 Å². The third-order valence-electron chi connectivity index (χ3n) is 5.23. The van der Waals surface area contributed by atoms with E-state index < -0.39 is 23.7 Å². The van der Waals surface area contributed by atoms with Gasteiger partial charge in [0.05, 0.1) is 19.1 Å². The number of benzene rings is 2. The van der Waals surface area contributed by atoms with Crippen LogP contribution in [0.1, 0.15) is 16.7 Å². The number of carbonyl (C=O) groups is 4. The van der Waals surface area contributed by atoms with Gasteiger partial charge < -0.3 is 19.5 Å². The maximum absolute atomic E-state index is 12.5. The second-order valence-corrected chi connectivity index (χ2v) is 9.28. The summed E-state index contributed by atoms with van der Waals surface area (Å²) in [6, 6.07) is 8.55. The van der Waals surface area contributed by atoms with Gasteiger partial charge in [0.15, 0.2) is 18.1 Å². The zero-order valence-corrected chi connectivity index (χ0v) is 21.9. The van der Waals surface area contributed by atoms with Crippen LogP contribution in [0.3, 0.4) is 0 Å². The van der Waals surface area contributed by atoms with E-state index in [1.54, 1.807) is 18.2 Å². The Kier molecular flexibility index (Phi) is 8.57. The summed E-state index contributed by atoms with van der Waals surface area (Å²) in [5.74, 6) is -0.926. The Hall–Kier alpha value is -3.31.